The lowest BCUT2D eigenvalue weighted by molar-refractivity contribution is -0.142. The minimum absolute atomic E-state index is 0.295. The molecule has 1 aromatic rings. The van der Waals surface area contributed by atoms with Crippen molar-refractivity contribution in [1.82, 2.24) is 4.90 Å². The second-order valence-corrected chi connectivity index (χ2v) is 5.31. The zero-order valence-electron chi connectivity index (χ0n) is 8.15. The first-order valence-electron chi connectivity index (χ1n) is 4.86. The van der Waals surface area contributed by atoms with Gasteiger partial charge in [-0.2, -0.15) is 11.3 Å². The van der Waals surface area contributed by atoms with Gasteiger partial charge in [0.25, 0.3) is 0 Å². The highest BCUT2D eigenvalue weighted by atomic mass is 79.9. The Labute approximate surface area is 101 Å². The van der Waals surface area contributed by atoms with Crippen molar-refractivity contribution >= 4 is 33.2 Å². The van der Waals surface area contributed by atoms with Crippen LogP contribution in [0.5, 0.6) is 0 Å². The summed E-state index contributed by atoms with van der Waals surface area (Å²) in [6.07, 6.45) is 1.76. The Morgan fingerprint density at radius 1 is 1.67 bits per heavy atom. The molecule has 2 rings (SSSR count). The van der Waals surface area contributed by atoms with Gasteiger partial charge in [0.1, 0.15) is 6.04 Å². The third-order valence-corrected chi connectivity index (χ3v) is 4.54. The van der Waals surface area contributed by atoms with Gasteiger partial charge in [0, 0.05) is 16.4 Å². The minimum atomic E-state index is -0.696. The lowest BCUT2D eigenvalue weighted by atomic mass is 10.2. The van der Waals surface area contributed by atoms with Crippen LogP contribution in [0.2, 0.25) is 0 Å². The van der Waals surface area contributed by atoms with Crippen molar-refractivity contribution in [2.45, 2.75) is 25.4 Å². The Morgan fingerprint density at radius 3 is 3.07 bits per heavy atom. The number of likely N-dealkylation sites (tertiary alicyclic amines) is 1. The van der Waals surface area contributed by atoms with Crippen molar-refractivity contribution in [3.05, 3.63) is 20.8 Å². The summed E-state index contributed by atoms with van der Waals surface area (Å²) < 4.78 is 1.09. The number of nitrogens with zero attached hydrogens (tertiary/aromatic N) is 1. The lowest BCUT2D eigenvalue weighted by Gasteiger charge is -2.20. The van der Waals surface area contributed by atoms with Gasteiger partial charge < -0.3 is 5.11 Å². The molecule has 15 heavy (non-hydrogen) atoms. The summed E-state index contributed by atoms with van der Waals surface area (Å²) in [5.41, 5.74) is 1.19. The van der Waals surface area contributed by atoms with Crippen LogP contribution in [0.3, 0.4) is 0 Å². The first kappa shape index (κ1) is 11.1. The van der Waals surface area contributed by atoms with Gasteiger partial charge in [0.05, 0.1) is 0 Å². The molecule has 0 aliphatic carbocycles. The van der Waals surface area contributed by atoms with E-state index in [1.54, 1.807) is 11.3 Å². The number of halogens is 1. The van der Waals surface area contributed by atoms with Crippen LogP contribution in [0, 0.1) is 0 Å². The Balaban J connectivity index is 2.06. The second-order valence-electron chi connectivity index (χ2n) is 3.71. The summed E-state index contributed by atoms with van der Waals surface area (Å²) in [5.74, 6) is -0.696. The van der Waals surface area contributed by atoms with E-state index in [4.69, 9.17) is 5.11 Å². The molecule has 1 saturated heterocycles. The molecule has 0 amide bonds. The Hall–Kier alpha value is -0.390. The summed E-state index contributed by atoms with van der Waals surface area (Å²) in [6.45, 7) is 1.63. The number of aliphatic carboxylic acids is 1. The fraction of sp³-hybridized carbons (Fsp3) is 0.500. The Morgan fingerprint density at radius 2 is 2.47 bits per heavy atom. The van der Waals surface area contributed by atoms with Gasteiger partial charge in [-0.3, -0.25) is 9.69 Å². The molecule has 0 aromatic carbocycles. The average Bonchev–Trinajstić information content (AvgIpc) is 2.77. The number of hydrogen-bond acceptors (Lipinski definition) is 3. The number of rotatable bonds is 3. The molecule has 1 atom stereocenters. The third-order valence-electron chi connectivity index (χ3n) is 2.71. The molecule has 1 aromatic heterocycles. The largest absolute Gasteiger partial charge is 0.480 e. The van der Waals surface area contributed by atoms with Crippen molar-refractivity contribution in [2.75, 3.05) is 6.54 Å². The summed E-state index contributed by atoms with van der Waals surface area (Å²) in [4.78, 5) is 13.0. The predicted molar refractivity (Wildman–Crippen MR) is 63.1 cm³/mol. The molecule has 1 N–H and O–H groups in total. The van der Waals surface area contributed by atoms with Gasteiger partial charge in [-0.25, -0.2) is 0 Å². The van der Waals surface area contributed by atoms with Gasteiger partial charge in [-0.05, 0) is 46.3 Å². The molecule has 0 bridgehead atoms. The SMILES string of the molecule is O=C(O)[C@H]1CCCN1Cc1cscc1Br. The second kappa shape index (κ2) is 4.63. The molecular weight excluding hydrogens is 278 g/mol. The van der Waals surface area contributed by atoms with Crippen LogP contribution in [0.25, 0.3) is 0 Å². The minimum Gasteiger partial charge on any atom is -0.480 e. The molecule has 0 unspecified atom stereocenters. The van der Waals surface area contributed by atoms with Crippen molar-refractivity contribution in [3.63, 3.8) is 0 Å². The van der Waals surface area contributed by atoms with Crippen LogP contribution in [0.15, 0.2) is 15.2 Å². The van der Waals surface area contributed by atoms with Gasteiger partial charge in [0.2, 0.25) is 0 Å². The molecule has 2 heterocycles. The quantitative estimate of drug-likeness (QED) is 0.930. The first-order valence-corrected chi connectivity index (χ1v) is 6.59. The van der Waals surface area contributed by atoms with Crippen LogP contribution in [0.4, 0.5) is 0 Å². The molecule has 1 aliphatic rings. The maximum absolute atomic E-state index is 11.0. The smallest absolute Gasteiger partial charge is 0.320 e. The van der Waals surface area contributed by atoms with E-state index in [2.05, 4.69) is 21.3 Å². The van der Waals surface area contributed by atoms with E-state index in [1.165, 1.54) is 5.56 Å². The normalized spacial score (nSPS) is 22.1. The van der Waals surface area contributed by atoms with Crippen LogP contribution in [0.1, 0.15) is 18.4 Å². The number of hydrogen-bond donors (Lipinski definition) is 1. The molecule has 3 nitrogen and oxygen atoms in total. The van der Waals surface area contributed by atoms with E-state index in [9.17, 15) is 4.79 Å². The molecular formula is C10H12BrNO2S. The number of carboxylic acids is 1. The Kier molecular flexibility index (Phi) is 3.43. The standard InChI is InChI=1S/C10H12BrNO2S/c11-8-6-15-5-7(8)4-12-3-1-2-9(12)10(13)14/h5-6,9H,1-4H2,(H,13,14)/t9-/m1/s1. The van der Waals surface area contributed by atoms with Crippen molar-refractivity contribution in [1.29, 1.82) is 0 Å². The van der Waals surface area contributed by atoms with Crippen LogP contribution < -0.4 is 0 Å². The molecule has 5 heteroatoms. The maximum Gasteiger partial charge on any atom is 0.320 e. The number of carbonyl (C=O) groups is 1. The average molecular weight is 290 g/mol. The van der Waals surface area contributed by atoms with E-state index in [0.717, 1.165) is 30.4 Å². The molecule has 0 spiro atoms. The summed E-state index contributed by atoms with van der Waals surface area (Å²) >= 11 is 5.11. The zero-order valence-corrected chi connectivity index (χ0v) is 10.6. The highest BCUT2D eigenvalue weighted by Gasteiger charge is 2.30. The van der Waals surface area contributed by atoms with Gasteiger partial charge in [0.15, 0.2) is 0 Å². The monoisotopic (exact) mass is 289 g/mol. The van der Waals surface area contributed by atoms with Gasteiger partial charge in [-0.1, -0.05) is 0 Å². The van der Waals surface area contributed by atoms with Crippen LogP contribution >= 0.6 is 27.3 Å². The summed E-state index contributed by atoms with van der Waals surface area (Å²) in [6, 6.07) is -0.295. The van der Waals surface area contributed by atoms with E-state index < -0.39 is 5.97 Å². The molecule has 82 valence electrons. The van der Waals surface area contributed by atoms with Crippen LogP contribution in [-0.4, -0.2) is 28.6 Å². The topological polar surface area (TPSA) is 40.5 Å². The third kappa shape index (κ3) is 2.41. The fourth-order valence-corrected chi connectivity index (χ4v) is 3.35. The van der Waals surface area contributed by atoms with E-state index >= 15 is 0 Å². The van der Waals surface area contributed by atoms with Crippen molar-refractivity contribution < 1.29 is 9.90 Å². The van der Waals surface area contributed by atoms with E-state index in [-0.39, 0.29) is 6.04 Å². The first-order chi connectivity index (χ1) is 7.18. The molecule has 0 radical (unpaired) electrons. The van der Waals surface area contributed by atoms with Crippen LogP contribution in [-0.2, 0) is 11.3 Å². The predicted octanol–water partition coefficient (Wildman–Crippen LogP) is 2.56. The zero-order chi connectivity index (χ0) is 10.8. The molecule has 0 saturated carbocycles. The fourth-order valence-electron chi connectivity index (χ4n) is 1.93. The Bertz CT molecular complexity index is 366. The number of carboxylic acid groups (broad SMARTS) is 1. The lowest BCUT2D eigenvalue weighted by Crippen LogP contribution is -2.35. The van der Waals surface area contributed by atoms with Gasteiger partial charge >= 0.3 is 5.97 Å². The highest BCUT2D eigenvalue weighted by molar-refractivity contribution is 9.10. The van der Waals surface area contributed by atoms with Crippen molar-refractivity contribution in [3.8, 4) is 0 Å². The van der Waals surface area contributed by atoms with E-state index in [1.807, 2.05) is 10.3 Å². The van der Waals surface area contributed by atoms with Gasteiger partial charge in [-0.15, -0.1) is 0 Å². The summed E-state index contributed by atoms with van der Waals surface area (Å²) in [7, 11) is 0. The van der Waals surface area contributed by atoms with E-state index in [0.29, 0.717) is 0 Å². The van der Waals surface area contributed by atoms with Crippen molar-refractivity contribution in [2.24, 2.45) is 0 Å². The maximum atomic E-state index is 11.0. The molecule has 1 aliphatic heterocycles. The molecule has 1 fully saturated rings. The highest BCUT2D eigenvalue weighted by Crippen LogP contribution is 2.26. The number of thiophene rings is 1. The summed E-state index contributed by atoms with van der Waals surface area (Å²) in [5, 5.41) is 13.1.